The van der Waals surface area contributed by atoms with E-state index in [4.69, 9.17) is 10.5 Å². The predicted octanol–water partition coefficient (Wildman–Crippen LogP) is 2.30. The van der Waals surface area contributed by atoms with Crippen molar-refractivity contribution in [2.24, 2.45) is 5.73 Å². The number of hydrogen-bond donors (Lipinski definition) is 2. The van der Waals surface area contributed by atoms with Gasteiger partial charge in [0, 0.05) is 24.5 Å². The summed E-state index contributed by atoms with van der Waals surface area (Å²) in [5.74, 6) is 0.473. The number of hydrogen-bond acceptors (Lipinski definition) is 4. The lowest BCUT2D eigenvalue weighted by Gasteiger charge is -2.09. The fourth-order valence-electron chi connectivity index (χ4n) is 1.45. The van der Waals surface area contributed by atoms with E-state index >= 15 is 0 Å². The highest BCUT2D eigenvalue weighted by Crippen LogP contribution is 2.21. The lowest BCUT2D eigenvalue weighted by molar-refractivity contribution is 0.328. The van der Waals surface area contributed by atoms with E-state index in [1.807, 2.05) is 18.2 Å². The molecule has 0 bridgehead atoms. The molecule has 0 amide bonds. The van der Waals surface area contributed by atoms with E-state index in [-0.39, 0.29) is 5.82 Å². The van der Waals surface area contributed by atoms with Crippen LogP contribution in [0, 0.1) is 5.82 Å². The summed E-state index contributed by atoms with van der Waals surface area (Å²) in [5, 5.41) is 2.89. The van der Waals surface area contributed by atoms with Gasteiger partial charge in [-0.15, -0.1) is 0 Å². The van der Waals surface area contributed by atoms with Crippen LogP contribution in [0.15, 0.2) is 42.6 Å². The van der Waals surface area contributed by atoms with Crippen LogP contribution in [-0.2, 0) is 0 Å². The van der Waals surface area contributed by atoms with E-state index in [0.29, 0.717) is 24.6 Å². The minimum atomic E-state index is -0.397. The van der Waals surface area contributed by atoms with Gasteiger partial charge in [-0.1, -0.05) is 6.07 Å². The van der Waals surface area contributed by atoms with Crippen LogP contribution in [0.2, 0.25) is 0 Å². The van der Waals surface area contributed by atoms with Gasteiger partial charge in [-0.05, 0) is 24.3 Å². The summed E-state index contributed by atoms with van der Waals surface area (Å²) in [6, 6.07) is 10.1. The average Bonchev–Trinajstić information content (AvgIpc) is 2.40. The Morgan fingerprint density at radius 2 is 2.17 bits per heavy atom. The van der Waals surface area contributed by atoms with E-state index < -0.39 is 5.82 Å². The molecular formula is C13H14FN3O. The van der Waals surface area contributed by atoms with Crippen LogP contribution in [0.3, 0.4) is 0 Å². The van der Waals surface area contributed by atoms with E-state index in [0.717, 1.165) is 0 Å². The van der Waals surface area contributed by atoms with Crippen LogP contribution < -0.4 is 15.8 Å². The fraction of sp³-hybridized carbons (Fsp3) is 0.154. The number of ether oxygens (including phenoxy) is 1. The molecule has 0 atom stereocenters. The topological polar surface area (TPSA) is 60.2 Å². The zero-order chi connectivity index (χ0) is 12.8. The van der Waals surface area contributed by atoms with Gasteiger partial charge in [0.15, 0.2) is 11.6 Å². The average molecular weight is 247 g/mol. The highest BCUT2D eigenvalue weighted by molar-refractivity contribution is 5.58. The first-order valence-corrected chi connectivity index (χ1v) is 5.60. The summed E-state index contributed by atoms with van der Waals surface area (Å²) >= 11 is 0. The number of benzene rings is 1. The van der Waals surface area contributed by atoms with E-state index in [1.165, 1.54) is 12.3 Å². The Balaban J connectivity index is 2.12. The van der Waals surface area contributed by atoms with Gasteiger partial charge in [0.05, 0.1) is 0 Å². The zero-order valence-corrected chi connectivity index (χ0v) is 9.77. The molecular weight excluding hydrogens is 233 g/mol. The van der Waals surface area contributed by atoms with Gasteiger partial charge in [0.1, 0.15) is 12.4 Å². The summed E-state index contributed by atoms with van der Waals surface area (Å²) in [6.07, 6.45) is 1.53. The number of aromatic nitrogens is 1. The van der Waals surface area contributed by atoms with Crippen LogP contribution in [-0.4, -0.2) is 18.1 Å². The second-order valence-corrected chi connectivity index (χ2v) is 3.62. The molecule has 1 aromatic heterocycles. The van der Waals surface area contributed by atoms with Crippen LogP contribution in [0.5, 0.6) is 5.75 Å². The maximum Gasteiger partial charge on any atom is 0.166 e. The molecule has 0 saturated heterocycles. The van der Waals surface area contributed by atoms with Crippen molar-refractivity contribution in [3.63, 3.8) is 0 Å². The lowest BCUT2D eigenvalue weighted by Crippen LogP contribution is -2.10. The molecule has 1 heterocycles. The molecule has 0 spiro atoms. The normalized spacial score (nSPS) is 10.1. The maximum atomic E-state index is 13.4. The summed E-state index contributed by atoms with van der Waals surface area (Å²) in [5.41, 5.74) is 6.07. The number of rotatable bonds is 5. The van der Waals surface area contributed by atoms with Crippen molar-refractivity contribution in [1.29, 1.82) is 0 Å². The Hall–Kier alpha value is -2.14. The second-order valence-electron chi connectivity index (χ2n) is 3.62. The molecule has 2 rings (SSSR count). The molecule has 0 radical (unpaired) electrons. The molecule has 0 aliphatic rings. The lowest BCUT2D eigenvalue weighted by atomic mass is 10.3. The molecule has 0 saturated carbocycles. The number of nitrogens with zero attached hydrogens (tertiary/aromatic N) is 1. The summed E-state index contributed by atoms with van der Waals surface area (Å²) < 4.78 is 18.8. The van der Waals surface area contributed by atoms with Gasteiger partial charge in [-0.3, -0.25) is 0 Å². The monoisotopic (exact) mass is 247 g/mol. The van der Waals surface area contributed by atoms with Crippen LogP contribution in [0.4, 0.5) is 15.9 Å². The first-order chi connectivity index (χ1) is 8.79. The molecule has 1 aromatic carbocycles. The highest BCUT2D eigenvalue weighted by Gasteiger charge is 2.03. The first kappa shape index (κ1) is 12.3. The van der Waals surface area contributed by atoms with Gasteiger partial charge in [-0.2, -0.15) is 0 Å². The molecule has 2 aromatic rings. The van der Waals surface area contributed by atoms with Crippen molar-refractivity contribution in [3.8, 4) is 5.75 Å². The second kappa shape index (κ2) is 5.97. The molecule has 0 unspecified atom stereocenters. The van der Waals surface area contributed by atoms with Crippen molar-refractivity contribution in [2.75, 3.05) is 18.5 Å². The van der Waals surface area contributed by atoms with E-state index in [9.17, 15) is 4.39 Å². The van der Waals surface area contributed by atoms with E-state index in [2.05, 4.69) is 10.3 Å². The SMILES string of the molecule is NCCOc1cccc(Nc2ncccc2F)c1. The Labute approximate surface area is 105 Å². The predicted molar refractivity (Wildman–Crippen MR) is 68.5 cm³/mol. The number of anilines is 2. The standard InChI is InChI=1S/C13H14FN3O/c14-12-5-2-7-16-13(12)17-10-3-1-4-11(9-10)18-8-6-15/h1-5,7,9H,6,8,15H2,(H,16,17). The quantitative estimate of drug-likeness (QED) is 0.851. The minimum Gasteiger partial charge on any atom is -0.492 e. The number of halogens is 1. The first-order valence-electron chi connectivity index (χ1n) is 5.60. The van der Waals surface area contributed by atoms with Crippen molar-refractivity contribution in [3.05, 3.63) is 48.4 Å². The molecule has 18 heavy (non-hydrogen) atoms. The molecule has 0 fully saturated rings. The van der Waals surface area contributed by atoms with E-state index in [1.54, 1.807) is 12.1 Å². The molecule has 5 heteroatoms. The Morgan fingerprint density at radius 1 is 1.28 bits per heavy atom. The highest BCUT2D eigenvalue weighted by atomic mass is 19.1. The molecule has 94 valence electrons. The number of pyridine rings is 1. The molecule has 0 aliphatic carbocycles. The third kappa shape index (κ3) is 3.18. The van der Waals surface area contributed by atoms with Gasteiger partial charge in [-0.25, -0.2) is 9.37 Å². The third-order valence-corrected chi connectivity index (χ3v) is 2.24. The number of nitrogens with one attached hydrogen (secondary N) is 1. The van der Waals surface area contributed by atoms with Crippen molar-refractivity contribution in [2.45, 2.75) is 0 Å². The van der Waals surface area contributed by atoms with Crippen LogP contribution in [0.25, 0.3) is 0 Å². The smallest absolute Gasteiger partial charge is 0.166 e. The van der Waals surface area contributed by atoms with Gasteiger partial charge >= 0.3 is 0 Å². The summed E-state index contributed by atoms with van der Waals surface area (Å²) in [6.45, 7) is 0.897. The maximum absolute atomic E-state index is 13.4. The van der Waals surface area contributed by atoms with Gasteiger partial charge in [0.25, 0.3) is 0 Å². The van der Waals surface area contributed by atoms with Crippen molar-refractivity contribution in [1.82, 2.24) is 4.98 Å². The van der Waals surface area contributed by atoms with Gasteiger partial charge in [0.2, 0.25) is 0 Å². The van der Waals surface area contributed by atoms with Crippen LogP contribution >= 0.6 is 0 Å². The molecule has 0 aliphatic heterocycles. The van der Waals surface area contributed by atoms with Crippen molar-refractivity contribution < 1.29 is 9.13 Å². The fourth-order valence-corrected chi connectivity index (χ4v) is 1.45. The minimum absolute atomic E-state index is 0.188. The van der Waals surface area contributed by atoms with Crippen molar-refractivity contribution >= 4 is 11.5 Å². The zero-order valence-electron chi connectivity index (χ0n) is 9.77. The van der Waals surface area contributed by atoms with Gasteiger partial charge < -0.3 is 15.8 Å². The molecule has 3 N–H and O–H groups in total. The number of nitrogens with two attached hydrogens (primary N) is 1. The Bertz CT molecular complexity index is 519. The summed E-state index contributed by atoms with van der Waals surface area (Å²) in [7, 11) is 0. The largest absolute Gasteiger partial charge is 0.492 e. The third-order valence-electron chi connectivity index (χ3n) is 2.24. The summed E-state index contributed by atoms with van der Waals surface area (Å²) in [4.78, 5) is 3.92. The Morgan fingerprint density at radius 3 is 2.94 bits per heavy atom. The Kier molecular flexibility index (Phi) is 4.09. The van der Waals surface area contributed by atoms with Crippen LogP contribution in [0.1, 0.15) is 0 Å². The molecule has 4 nitrogen and oxygen atoms in total.